The summed E-state index contributed by atoms with van der Waals surface area (Å²) in [6.45, 7) is 0. The van der Waals surface area contributed by atoms with E-state index in [9.17, 15) is 10.5 Å². The first-order valence-corrected chi connectivity index (χ1v) is 15.9. The smallest absolute Gasteiger partial charge is 0.101 e. The summed E-state index contributed by atoms with van der Waals surface area (Å²) in [7, 11) is 0. The van der Waals surface area contributed by atoms with Crippen molar-refractivity contribution in [3.63, 3.8) is 0 Å². The molecule has 222 valence electrons. The van der Waals surface area contributed by atoms with Gasteiger partial charge in [-0.15, -0.1) is 0 Å². The Hall–Kier alpha value is -6.88. The zero-order chi connectivity index (χ0) is 32.2. The summed E-state index contributed by atoms with van der Waals surface area (Å²) in [5.41, 5.74) is 11.6. The van der Waals surface area contributed by atoms with Crippen molar-refractivity contribution in [3.05, 3.63) is 169 Å². The van der Waals surface area contributed by atoms with Crippen LogP contribution >= 0.6 is 0 Å². The summed E-state index contributed by atoms with van der Waals surface area (Å²) in [4.78, 5) is 0. The van der Waals surface area contributed by atoms with Crippen molar-refractivity contribution in [2.24, 2.45) is 0 Å². The van der Waals surface area contributed by atoms with Crippen LogP contribution in [0.15, 0.2) is 158 Å². The van der Waals surface area contributed by atoms with Crippen molar-refractivity contribution in [3.8, 4) is 45.8 Å². The zero-order valence-corrected chi connectivity index (χ0v) is 25.8. The highest BCUT2D eigenvalue weighted by Gasteiger charge is 2.22. The van der Waals surface area contributed by atoms with Crippen LogP contribution in [0, 0.1) is 22.7 Å². The van der Waals surface area contributed by atoms with E-state index in [0.29, 0.717) is 11.1 Å². The van der Waals surface area contributed by atoms with E-state index in [1.165, 1.54) is 21.5 Å². The minimum absolute atomic E-state index is 0.375. The summed E-state index contributed by atoms with van der Waals surface area (Å²) in [5.74, 6) is 0. The number of rotatable bonds is 4. The van der Waals surface area contributed by atoms with E-state index < -0.39 is 0 Å². The maximum absolute atomic E-state index is 9.75. The molecular weight excluding hydrogens is 585 g/mol. The molecule has 0 fully saturated rings. The van der Waals surface area contributed by atoms with Gasteiger partial charge in [0.05, 0.1) is 38.9 Å². The van der Waals surface area contributed by atoms with Gasteiger partial charge in [-0.3, -0.25) is 0 Å². The third-order valence-electron chi connectivity index (χ3n) is 9.40. The van der Waals surface area contributed by atoms with Gasteiger partial charge in [-0.05, 0) is 71.3 Å². The molecule has 9 aromatic rings. The number of aromatic nitrogens is 2. The number of nitrogens with zero attached hydrogens (tertiary/aromatic N) is 4. The molecule has 0 aliphatic heterocycles. The summed E-state index contributed by atoms with van der Waals surface area (Å²) in [6, 6.07) is 59.2. The predicted octanol–water partition coefficient (Wildman–Crippen LogP) is 11.0. The molecule has 0 N–H and O–H groups in total. The van der Waals surface area contributed by atoms with Crippen molar-refractivity contribution >= 4 is 43.6 Å². The Bertz CT molecular complexity index is 2790. The van der Waals surface area contributed by atoms with Crippen LogP contribution in [0.2, 0.25) is 0 Å². The third-order valence-corrected chi connectivity index (χ3v) is 9.40. The first-order valence-electron chi connectivity index (χ1n) is 15.9. The van der Waals surface area contributed by atoms with Crippen LogP contribution in [0.3, 0.4) is 0 Å². The molecule has 0 radical (unpaired) electrons. The van der Waals surface area contributed by atoms with Crippen molar-refractivity contribution < 1.29 is 0 Å². The fraction of sp³-hybridized carbons (Fsp3) is 0. The lowest BCUT2D eigenvalue weighted by molar-refractivity contribution is 1.17. The molecule has 0 amide bonds. The molecule has 4 nitrogen and oxygen atoms in total. The molecule has 4 heteroatoms. The molecule has 2 heterocycles. The second-order valence-corrected chi connectivity index (χ2v) is 12.0. The van der Waals surface area contributed by atoms with Crippen molar-refractivity contribution in [2.75, 3.05) is 0 Å². The van der Waals surface area contributed by atoms with Crippen molar-refractivity contribution in [1.29, 1.82) is 10.5 Å². The number of para-hydroxylation sites is 3. The van der Waals surface area contributed by atoms with Gasteiger partial charge >= 0.3 is 0 Å². The monoisotopic (exact) mass is 610 g/mol. The van der Waals surface area contributed by atoms with Crippen LogP contribution in [0.25, 0.3) is 77.2 Å². The molecule has 0 spiro atoms. The topological polar surface area (TPSA) is 57.4 Å². The summed E-state index contributed by atoms with van der Waals surface area (Å²) in [6.07, 6.45) is 0. The first-order chi connectivity index (χ1) is 23.7. The highest BCUT2D eigenvalue weighted by molar-refractivity contribution is 6.26. The van der Waals surface area contributed by atoms with Gasteiger partial charge < -0.3 is 9.13 Å². The van der Waals surface area contributed by atoms with Gasteiger partial charge in [0.1, 0.15) is 12.1 Å². The summed E-state index contributed by atoms with van der Waals surface area (Å²) < 4.78 is 4.80. The zero-order valence-electron chi connectivity index (χ0n) is 25.8. The predicted molar refractivity (Wildman–Crippen MR) is 195 cm³/mol. The van der Waals surface area contributed by atoms with E-state index in [1.54, 1.807) is 6.07 Å². The largest absolute Gasteiger partial charge is 0.309 e. The lowest BCUT2D eigenvalue weighted by Crippen LogP contribution is -1.99. The minimum atomic E-state index is 0.375. The Morgan fingerprint density at radius 3 is 1.79 bits per heavy atom. The normalized spacial score (nSPS) is 11.3. The maximum atomic E-state index is 9.75. The van der Waals surface area contributed by atoms with Gasteiger partial charge in [0.25, 0.3) is 0 Å². The Kier molecular flexibility index (Phi) is 6.22. The van der Waals surface area contributed by atoms with E-state index >= 15 is 0 Å². The van der Waals surface area contributed by atoms with Crippen LogP contribution in [0.4, 0.5) is 0 Å². The number of hydrogen-bond donors (Lipinski definition) is 0. The van der Waals surface area contributed by atoms with Crippen LogP contribution in [0.1, 0.15) is 11.1 Å². The average molecular weight is 611 g/mol. The molecular formula is C44H26N4. The summed E-state index contributed by atoms with van der Waals surface area (Å²) in [5, 5.41) is 24.1. The molecule has 9 rings (SSSR count). The van der Waals surface area contributed by atoms with Gasteiger partial charge in [-0.2, -0.15) is 10.5 Å². The van der Waals surface area contributed by atoms with Crippen LogP contribution in [0.5, 0.6) is 0 Å². The SMILES string of the molecule is N#Cc1ccc(-c2ccc(-n3c4ccccc4c4ccc5c(c6ccccc6n5-c5ccccc5)c43)c(-c3ccccc3)c2)cc1C#N. The minimum Gasteiger partial charge on any atom is -0.309 e. The molecule has 0 unspecified atom stereocenters. The fourth-order valence-electron chi connectivity index (χ4n) is 7.29. The van der Waals surface area contributed by atoms with E-state index in [2.05, 4.69) is 155 Å². The summed E-state index contributed by atoms with van der Waals surface area (Å²) >= 11 is 0. The van der Waals surface area contributed by atoms with E-state index in [1.807, 2.05) is 18.2 Å². The van der Waals surface area contributed by atoms with Gasteiger partial charge in [0, 0.05) is 32.8 Å². The second kappa shape index (κ2) is 10.9. The van der Waals surface area contributed by atoms with Gasteiger partial charge in [0.15, 0.2) is 0 Å². The van der Waals surface area contributed by atoms with Crippen molar-refractivity contribution in [1.82, 2.24) is 9.13 Å². The molecule has 0 bridgehead atoms. The fourth-order valence-corrected chi connectivity index (χ4v) is 7.29. The van der Waals surface area contributed by atoms with Crippen LogP contribution in [-0.2, 0) is 0 Å². The lowest BCUT2D eigenvalue weighted by Gasteiger charge is -2.17. The molecule has 2 aromatic heterocycles. The highest BCUT2D eigenvalue weighted by Crippen LogP contribution is 2.44. The number of fused-ring (bicyclic) bond motifs is 7. The standard InChI is InChI=1S/C44H26N4/c45-27-32-20-19-30(25-33(32)28-46)31-21-23-41(38(26-31)29-11-3-1-4-12-29)48-39-17-9-7-15-35(39)36-22-24-42-43(44(36)48)37-16-8-10-18-40(37)47(42)34-13-5-2-6-14-34/h1-26H. The lowest BCUT2D eigenvalue weighted by atomic mass is 9.95. The number of hydrogen-bond acceptors (Lipinski definition) is 2. The molecule has 0 aliphatic rings. The Morgan fingerprint density at radius 2 is 1.04 bits per heavy atom. The maximum Gasteiger partial charge on any atom is 0.101 e. The molecule has 0 atom stereocenters. The van der Waals surface area contributed by atoms with Gasteiger partial charge in [-0.25, -0.2) is 0 Å². The molecule has 0 saturated heterocycles. The van der Waals surface area contributed by atoms with E-state index in [0.717, 1.165) is 55.7 Å². The average Bonchev–Trinajstić information content (AvgIpc) is 3.68. The molecule has 48 heavy (non-hydrogen) atoms. The Morgan fingerprint density at radius 1 is 0.417 bits per heavy atom. The second-order valence-electron chi connectivity index (χ2n) is 12.0. The highest BCUT2D eigenvalue weighted by atomic mass is 15.0. The molecule has 0 aliphatic carbocycles. The third kappa shape index (κ3) is 4.07. The van der Waals surface area contributed by atoms with Crippen molar-refractivity contribution in [2.45, 2.75) is 0 Å². The van der Waals surface area contributed by atoms with Gasteiger partial charge in [-0.1, -0.05) is 103 Å². The van der Waals surface area contributed by atoms with Gasteiger partial charge in [0.2, 0.25) is 0 Å². The van der Waals surface area contributed by atoms with E-state index in [-0.39, 0.29) is 0 Å². The van der Waals surface area contributed by atoms with E-state index in [4.69, 9.17) is 0 Å². The number of benzene rings is 7. The quantitative estimate of drug-likeness (QED) is 0.199. The Labute approximate surface area is 277 Å². The Balaban J connectivity index is 1.42. The number of nitriles is 2. The van der Waals surface area contributed by atoms with Crippen LogP contribution in [-0.4, -0.2) is 9.13 Å². The first kappa shape index (κ1) is 27.4. The van der Waals surface area contributed by atoms with Crippen LogP contribution < -0.4 is 0 Å². The molecule has 7 aromatic carbocycles. The molecule has 0 saturated carbocycles.